The number of rotatable bonds is 0. The lowest BCUT2D eigenvalue weighted by Crippen LogP contribution is -2.03. The van der Waals surface area contributed by atoms with E-state index in [-0.39, 0.29) is 0 Å². The molecule has 2 aromatic heterocycles. The van der Waals surface area contributed by atoms with Crippen LogP contribution >= 0.6 is 0 Å². The van der Waals surface area contributed by atoms with Crippen LogP contribution in [0, 0.1) is 0 Å². The fourth-order valence-corrected chi connectivity index (χ4v) is 1.89. The minimum absolute atomic E-state index is 0.891. The maximum Gasteiger partial charge on any atom is 0.221 e. The largest absolute Gasteiger partial charge is 0.441 e. The van der Waals surface area contributed by atoms with Crippen molar-refractivity contribution in [2.45, 2.75) is 25.7 Å². The molecule has 1 aliphatic carbocycles. The van der Waals surface area contributed by atoms with Crippen LogP contribution in [0.25, 0.3) is 5.71 Å². The number of oxazole rings is 1. The van der Waals surface area contributed by atoms with Crippen molar-refractivity contribution in [2.75, 3.05) is 0 Å². The maximum atomic E-state index is 5.63. The predicted octanol–water partition coefficient (Wildman–Crippen LogP) is 1.81. The molecule has 0 bridgehead atoms. The van der Waals surface area contributed by atoms with Crippen molar-refractivity contribution < 1.29 is 4.42 Å². The predicted molar refractivity (Wildman–Crippen MR) is 44.1 cm³/mol. The van der Waals surface area contributed by atoms with E-state index in [1.54, 1.807) is 6.20 Å². The number of hydrogen-bond acceptors (Lipinski definition) is 2. The molecule has 0 fully saturated rings. The Hall–Kier alpha value is -1.25. The van der Waals surface area contributed by atoms with Crippen molar-refractivity contribution in [3.05, 3.63) is 23.7 Å². The molecule has 0 spiro atoms. The van der Waals surface area contributed by atoms with Gasteiger partial charge in [0.2, 0.25) is 5.71 Å². The van der Waals surface area contributed by atoms with Crippen LogP contribution in [0.2, 0.25) is 0 Å². The monoisotopic (exact) mass is 162 g/mol. The normalized spacial score (nSPS) is 16.7. The third-order valence-corrected chi connectivity index (χ3v) is 2.48. The Balaban J connectivity index is 2.34. The average molecular weight is 162 g/mol. The lowest BCUT2D eigenvalue weighted by molar-refractivity contribution is 0.506. The highest BCUT2D eigenvalue weighted by molar-refractivity contribution is 5.36. The van der Waals surface area contributed by atoms with Gasteiger partial charge in [-0.05, 0) is 19.3 Å². The fraction of sp³-hybridized carbons (Fsp3) is 0.444. The molecule has 0 radical (unpaired) electrons. The summed E-state index contributed by atoms with van der Waals surface area (Å²) in [4.78, 5) is 0. The van der Waals surface area contributed by atoms with E-state index in [0.29, 0.717) is 0 Å². The van der Waals surface area contributed by atoms with E-state index in [1.165, 1.54) is 18.5 Å². The number of hydrogen-bond donors (Lipinski definition) is 0. The summed E-state index contributed by atoms with van der Waals surface area (Å²) in [6, 6.07) is 1.92. The van der Waals surface area contributed by atoms with Crippen LogP contribution in [0.5, 0.6) is 0 Å². The van der Waals surface area contributed by atoms with Crippen molar-refractivity contribution in [3.8, 4) is 0 Å². The first kappa shape index (κ1) is 6.29. The minimum Gasteiger partial charge on any atom is -0.441 e. The molecule has 0 aliphatic heterocycles. The molecule has 0 saturated carbocycles. The van der Waals surface area contributed by atoms with Gasteiger partial charge in [0.15, 0.2) is 0 Å². The first-order chi connectivity index (χ1) is 5.95. The van der Waals surface area contributed by atoms with E-state index in [0.717, 1.165) is 24.3 Å². The van der Waals surface area contributed by atoms with E-state index in [4.69, 9.17) is 4.42 Å². The first-order valence-electron chi connectivity index (χ1n) is 4.39. The molecule has 0 unspecified atom stereocenters. The Labute approximate surface area is 70.0 Å². The van der Waals surface area contributed by atoms with Gasteiger partial charge in [-0.1, -0.05) is 0 Å². The van der Waals surface area contributed by atoms with Gasteiger partial charge < -0.3 is 4.42 Å². The van der Waals surface area contributed by atoms with Gasteiger partial charge in [0.05, 0.1) is 11.9 Å². The van der Waals surface area contributed by atoms with Gasteiger partial charge in [-0.15, -0.1) is 0 Å². The highest BCUT2D eigenvalue weighted by Gasteiger charge is 2.17. The van der Waals surface area contributed by atoms with Crippen molar-refractivity contribution in [3.63, 3.8) is 0 Å². The zero-order valence-corrected chi connectivity index (χ0v) is 6.79. The molecule has 0 amide bonds. The van der Waals surface area contributed by atoms with E-state index >= 15 is 0 Å². The molecule has 0 saturated heterocycles. The Morgan fingerprint density at radius 3 is 3.25 bits per heavy atom. The Bertz CT molecular complexity index is 413. The first-order valence-corrected chi connectivity index (χ1v) is 4.39. The topological polar surface area (TPSA) is 30.4 Å². The van der Waals surface area contributed by atoms with Crippen LogP contribution in [0.1, 0.15) is 24.3 Å². The molecule has 3 nitrogen and oxygen atoms in total. The molecule has 2 heterocycles. The van der Waals surface area contributed by atoms with Crippen LogP contribution in [0.3, 0.4) is 0 Å². The third kappa shape index (κ3) is 0.682. The van der Waals surface area contributed by atoms with Crippen LogP contribution in [0.15, 0.2) is 16.7 Å². The molecular formula is C9H10N2O. The zero-order valence-electron chi connectivity index (χ0n) is 6.79. The number of fused-ring (bicyclic) bond motifs is 3. The molecule has 1 aliphatic rings. The fourth-order valence-electron chi connectivity index (χ4n) is 1.89. The number of aryl methyl sites for hydroxylation is 2. The number of nitrogens with zero attached hydrogens (tertiary/aromatic N) is 2. The summed E-state index contributed by atoms with van der Waals surface area (Å²) >= 11 is 0. The molecule has 0 atom stereocenters. The lowest BCUT2D eigenvalue weighted by Gasteiger charge is -2.07. The third-order valence-electron chi connectivity index (χ3n) is 2.48. The van der Waals surface area contributed by atoms with Crippen molar-refractivity contribution in [2.24, 2.45) is 0 Å². The van der Waals surface area contributed by atoms with Gasteiger partial charge in [-0.3, -0.25) is 0 Å². The van der Waals surface area contributed by atoms with E-state index in [2.05, 4.69) is 5.10 Å². The van der Waals surface area contributed by atoms with Crippen LogP contribution < -0.4 is 0 Å². The highest BCUT2D eigenvalue weighted by atomic mass is 16.4. The van der Waals surface area contributed by atoms with Gasteiger partial charge in [-0.25, -0.2) is 4.52 Å². The summed E-state index contributed by atoms with van der Waals surface area (Å²) in [5, 5.41) is 4.21. The van der Waals surface area contributed by atoms with E-state index in [1.807, 2.05) is 10.6 Å². The maximum absolute atomic E-state index is 5.63. The molecule has 0 N–H and O–H groups in total. The van der Waals surface area contributed by atoms with E-state index in [9.17, 15) is 0 Å². The Morgan fingerprint density at radius 1 is 1.33 bits per heavy atom. The average Bonchev–Trinajstić information content (AvgIpc) is 2.62. The summed E-state index contributed by atoms with van der Waals surface area (Å²) in [7, 11) is 0. The minimum atomic E-state index is 0.891. The number of aromatic nitrogens is 2. The second kappa shape index (κ2) is 2.12. The Kier molecular flexibility index (Phi) is 1.11. The lowest BCUT2D eigenvalue weighted by atomic mass is 10.0. The quantitative estimate of drug-likeness (QED) is 0.591. The van der Waals surface area contributed by atoms with Gasteiger partial charge >= 0.3 is 0 Å². The van der Waals surface area contributed by atoms with Crippen molar-refractivity contribution >= 4 is 5.71 Å². The summed E-state index contributed by atoms with van der Waals surface area (Å²) in [5.74, 6) is 1.14. The molecular weight excluding hydrogens is 152 g/mol. The zero-order chi connectivity index (χ0) is 7.97. The second-order valence-electron chi connectivity index (χ2n) is 3.26. The SMILES string of the molecule is c1cc2oc3c(n2n1)CCCC3. The standard InChI is InChI=1S/C9H10N2O/c1-2-4-8-7(3-1)11-9(12-8)5-6-10-11/h5-6H,1-4H2. The smallest absolute Gasteiger partial charge is 0.221 e. The second-order valence-corrected chi connectivity index (χ2v) is 3.26. The molecule has 0 aromatic carbocycles. The van der Waals surface area contributed by atoms with Gasteiger partial charge in [-0.2, -0.15) is 5.10 Å². The molecule has 12 heavy (non-hydrogen) atoms. The summed E-state index contributed by atoms with van der Waals surface area (Å²) in [6.45, 7) is 0. The molecule has 3 rings (SSSR count). The van der Waals surface area contributed by atoms with Gasteiger partial charge in [0, 0.05) is 12.5 Å². The molecule has 2 aromatic rings. The molecule has 62 valence electrons. The summed E-state index contributed by atoms with van der Waals surface area (Å²) < 4.78 is 7.56. The van der Waals surface area contributed by atoms with E-state index < -0.39 is 0 Å². The van der Waals surface area contributed by atoms with Gasteiger partial charge in [0.25, 0.3) is 0 Å². The highest BCUT2D eigenvalue weighted by Crippen LogP contribution is 2.24. The van der Waals surface area contributed by atoms with Crippen molar-refractivity contribution in [1.82, 2.24) is 9.61 Å². The van der Waals surface area contributed by atoms with Crippen LogP contribution in [-0.2, 0) is 12.8 Å². The van der Waals surface area contributed by atoms with Crippen LogP contribution in [0.4, 0.5) is 0 Å². The van der Waals surface area contributed by atoms with Crippen LogP contribution in [-0.4, -0.2) is 9.61 Å². The van der Waals surface area contributed by atoms with Crippen molar-refractivity contribution in [1.29, 1.82) is 0 Å². The van der Waals surface area contributed by atoms with Gasteiger partial charge in [0.1, 0.15) is 5.76 Å². The summed E-state index contributed by atoms with van der Waals surface area (Å²) in [5.41, 5.74) is 2.17. The molecule has 3 heteroatoms. The Morgan fingerprint density at radius 2 is 2.25 bits per heavy atom. The summed E-state index contributed by atoms with van der Waals surface area (Å²) in [6.07, 6.45) is 6.50.